The van der Waals surface area contributed by atoms with Crippen LogP contribution in [0.2, 0.25) is 0 Å². The number of morpholine rings is 1. The first kappa shape index (κ1) is 23.2. The molecule has 6 rings (SSSR count). The van der Waals surface area contributed by atoms with Crippen LogP contribution in [0.15, 0.2) is 70.9 Å². The summed E-state index contributed by atoms with van der Waals surface area (Å²) in [5, 5.41) is 16.9. The molecule has 1 saturated heterocycles. The Morgan fingerprint density at radius 3 is 2.57 bits per heavy atom. The van der Waals surface area contributed by atoms with Gasteiger partial charge in [0.25, 0.3) is 5.91 Å². The zero-order valence-electron chi connectivity index (χ0n) is 20.7. The molecule has 190 valence electrons. The zero-order valence-corrected chi connectivity index (χ0v) is 20.7. The Bertz CT molecular complexity index is 1360. The Kier molecular flexibility index (Phi) is 6.07. The van der Waals surface area contributed by atoms with E-state index in [2.05, 4.69) is 25.7 Å². The molecule has 1 amide bonds. The van der Waals surface area contributed by atoms with Gasteiger partial charge in [0.15, 0.2) is 6.17 Å². The highest BCUT2D eigenvalue weighted by molar-refractivity contribution is 6.19. The molecule has 0 bridgehead atoms. The van der Waals surface area contributed by atoms with Crippen LogP contribution in [0.4, 0.5) is 11.5 Å². The van der Waals surface area contributed by atoms with Crippen molar-refractivity contribution in [2.75, 3.05) is 43.6 Å². The van der Waals surface area contributed by atoms with Gasteiger partial charge >= 0.3 is 0 Å². The summed E-state index contributed by atoms with van der Waals surface area (Å²) >= 11 is 0. The van der Waals surface area contributed by atoms with Gasteiger partial charge in [-0.1, -0.05) is 48.5 Å². The number of fused-ring (bicyclic) bond motifs is 1. The second kappa shape index (κ2) is 9.68. The van der Waals surface area contributed by atoms with Crippen molar-refractivity contribution in [1.29, 1.82) is 0 Å². The number of nitrogens with zero attached hydrogens (tertiary/aromatic N) is 6. The number of para-hydroxylation sites is 1. The minimum Gasteiger partial charge on any atom is -0.437 e. The Morgan fingerprint density at radius 1 is 1.00 bits per heavy atom. The number of benzene rings is 2. The van der Waals surface area contributed by atoms with Gasteiger partial charge in [0.2, 0.25) is 12.2 Å². The lowest BCUT2D eigenvalue weighted by Gasteiger charge is -2.29. The molecule has 0 radical (unpaired) electrons. The molecule has 1 unspecified atom stereocenters. The molecule has 0 saturated carbocycles. The van der Waals surface area contributed by atoms with Crippen LogP contribution in [0.25, 0.3) is 0 Å². The van der Waals surface area contributed by atoms with Gasteiger partial charge in [-0.05, 0) is 6.07 Å². The zero-order chi connectivity index (χ0) is 25.4. The number of aryl methyl sites for hydroxylation is 1. The number of hydrazone groups is 1. The highest BCUT2D eigenvalue weighted by atomic mass is 16.5. The van der Waals surface area contributed by atoms with E-state index < -0.39 is 12.5 Å². The molecule has 3 aliphatic heterocycles. The lowest BCUT2D eigenvalue weighted by Crippen LogP contribution is -2.49. The van der Waals surface area contributed by atoms with E-state index in [1.807, 2.05) is 66.3 Å². The Morgan fingerprint density at radius 2 is 1.76 bits per heavy atom. The van der Waals surface area contributed by atoms with Gasteiger partial charge in [0, 0.05) is 38.3 Å². The third kappa shape index (κ3) is 4.43. The predicted molar refractivity (Wildman–Crippen MR) is 139 cm³/mol. The van der Waals surface area contributed by atoms with Gasteiger partial charge in [-0.3, -0.25) is 14.5 Å². The van der Waals surface area contributed by atoms with Gasteiger partial charge in [0.05, 0.1) is 30.8 Å². The van der Waals surface area contributed by atoms with E-state index >= 15 is 0 Å². The molecule has 3 aromatic rings. The number of carbonyl (C=O) groups is 1. The van der Waals surface area contributed by atoms with Gasteiger partial charge in [-0.25, -0.2) is 10.3 Å². The molecule has 0 spiro atoms. The molecule has 2 N–H and O–H groups in total. The minimum absolute atomic E-state index is 0.279. The molecule has 1 aromatic heterocycles. The summed E-state index contributed by atoms with van der Waals surface area (Å²) < 4.78 is 13.5. The number of rotatable bonds is 5. The van der Waals surface area contributed by atoms with Crippen molar-refractivity contribution in [3.05, 3.63) is 77.5 Å². The van der Waals surface area contributed by atoms with Gasteiger partial charge in [0.1, 0.15) is 11.4 Å². The maximum Gasteiger partial charge on any atom is 0.264 e. The first-order valence-corrected chi connectivity index (χ1v) is 12.2. The van der Waals surface area contributed by atoms with E-state index in [4.69, 9.17) is 14.5 Å². The molecule has 11 heteroatoms. The molecular weight excluding hydrogens is 472 g/mol. The average Bonchev–Trinajstić information content (AvgIpc) is 3.45. The summed E-state index contributed by atoms with van der Waals surface area (Å²) in [6.45, 7) is 2.83. The number of hydrogen-bond acceptors (Lipinski definition) is 9. The number of nitrogens with one attached hydrogen (secondary N) is 2. The quantitative estimate of drug-likeness (QED) is 0.548. The largest absolute Gasteiger partial charge is 0.437 e. The number of aromatic nitrogens is 2. The Balaban J connectivity index is 1.27. The topological polar surface area (TPSA) is 109 Å². The second-order valence-electron chi connectivity index (χ2n) is 9.00. The number of carbonyl (C=O) groups excluding carboxylic acids is 1. The van der Waals surface area contributed by atoms with Gasteiger partial charge in [-0.2, -0.15) is 5.10 Å². The summed E-state index contributed by atoms with van der Waals surface area (Å²) in [5.41, 5.74) is 3.99. The number of hydrogen-bond donors (Lipinski definition) is 2. The summed E-state index contributed by atoms with van der Waals surface area (Å²) in [6, 6.07) is 17.5. The van der Waals surface area contributed by atoms with Crippen molar-refractivity contribution >= 4 is 29.0 Å². The standard InChI is InChI=1S/C26H28N8O3/c1-32-25(34-12-14-36-15-13-34)19(16-27-32)24-31-33(2)26(37-24)30-22-23(35)28-20-11-7-6-10-18(20)21(29-22)17-8-4-3-5-9-17/h3-11,16,22,26,30H,12-15H2,1-2H3,(H,28,35)/t22-,26?/m1/s1. The third-order valence-corrected chi connectivity index (χ3v) is 6.55. The van der Waals surface area contributed by atoms with E-state index in [9.17, 15) is 4.79 Å². The highest BCUT2D eigenvalue weighted by Gasteiger charge is 2.35. The smallest absolute Gasteiger partial charge is 0.264 e. The number of anilines is 2. The van der Waals surface area contributed by atoms with Crippen molar-refractivity contribution in [3.8, 4) is 0 Å². The summed E-state index contributed by atoms with van der Waals surface area (Å²) in [5.74, 6) is 1.07. The molecule has 3 aliphatic rings. The van der Waals surface area contributed by atoms with Crippen molar-refractivity contribution < 1.29 is 14.3 Å². The molecule has 2 aromatic carbocycles. The lowest BCUT2D eigenvalue weighted by molar-refractivity contribution is -0.119. The first-order chi connectivity index (χ1) is 18.1. The fraction of sp³-hybridized carbons (Fsp3) is 0.308. The van der Waals surface area contributed by atoms with Crippen LogP contribution in [0.3, 0.4) is 0 Å². The summed E-state index contributed by atoms with van der Waals surface area (Å²) in [4.78, 5) is 20.3. The number of benzodiazepines with no additional fused rings is 1. The molecule has 1 fully saturated rings. The van der Waals surface area contributed by atoms with Crippen molar-refractivity contribution in [1.82, 2.24) is 20.1 Å². The van der Waals surface area contributed by atoms with Gasteiger partial charge < -0.3 is 19.7 Å². The van der Waals surface area contributed by atoms with Crippen LogP contribution >= 0.6 is 0 Å². The molecule has 11 nitrogen and oxygen atoms in total. The molecule has 2 atom stereocenters. The molecule has 4 heterocycles. The van der Waals surface area contributed by atoms with Crippen molar-refractivity contribution in [2.24, 2.45) is 17.1 Å². The van der Waals surface area contributed by atoms with Crippen molar-refractivity contribution in [2.45, 2.75) is 12.5 Å². The van der Waals surface area contributed by atoms with Crippen LogP contribution < -0.4 is 15.5 Å². The highest BCUT2D eigenvalue weighted by Crippen LogP contribution is 2.27. The second-order valence-corrected chi connectivity index (χ2v) is 9.00. The summed E-state index contributed by atoms with van der Waals surface area (Å²) in [6.07, 6.45) is 0.142. The van der Waals surface area contributed by atoms with E-state index in [-0.39, 0.29) is 5.91 Å². The maximum absolute atomic E-state index is 13.2. The van der Waals surface area contributed by atoms with E-state index in [1.165, 1.54) is 0 Å². The van der Waals surface area contributed by atoms with Crippen molar-refractivity contribution in [3.63, 3.8) is 0 Å². The number of amides is 1. The normalized spacial score (nSPS) is 21.5. The van der Waals surface area contributed by atoms with Crippen LogP contribution in [-0.4, -0.2) is 78.2 Å². The van der Waals surface area contributed by atoms with Crippen LogP contribution in [0, 0.1) is 0 Å². The number of ether oxygens (including phenoxy) is 2. The maximum atomic E-state index is 13.2. The molecular formula is C26H28N8O3. The fourth-order valence-corrected chi connectivity index (χ4v) is 4.72. The first-order valence-electron chi connectivity index (χ1n) is 12.2. The Hall–Kier alpha value is -4.22. The monoisotopic (exact) mass is 500 g/mol. The van der Waals surface area contributed by atoms with Gasteiger partial charge in [-0.15, -0.1) is 5.10 Å². The SMILES string of the molecule is CN1N=C(c2cnn(C)c2N2CCOCC2)OC1N[C@H]1N=C(c2ccccc2)c2ccccc2NC1=O. The number of aliphatic imine (C=N–C) groups is 1. The van der Waals surface area contributed by atoms with Crippen LogP contribution in [-0.2, 0) is 21.3 Å². The minimum atomic E-state index is -0.905. The average molecular weight is 501 g/mol. The molecule has 0 aliphatic carbocycles. The lowest BCUT2D eigenvalue weighted by atomic mass is 10.0. The van der Waals surface area contributed by atoms with E-state index in [0.29, 0.717) is 24.8 Å². The Labute approximate surface area is 214 Å². The predicted octanol–water partition coefficient (Wildman–Crippen LogP) is 1.57. The van der Waals surface area contributed by atoms with E-state index in [0.717, 1.165) is 41.3 Å². The van der Waals surface area contributed by atoms with Crippen LogP contribution in [0.5, 0.6) is 0 Å². The summed E-state index contributed by atoms with van der Waals surface area (Å²) in [7, 11) is 3.69. The fourth-order valence-electron chi connectivity index (χ4n) is 4.72. The van der Waals surface area contributed by atoms with E-state index in [1.54, 1.807) is 18.3 Å². The van der Waals surface area contributed by atoms with Crippen LogP contribution in [0.1, 0.15) is 16.7 Å². The molecule has 37 heavy (non-hydrogen) atoms. The third-order valence-electron chi connectivity index (χ3n) is 6.55.